The Balaban J connectivity index is 3.66. The second-order valence-corrected chi connectivity index (χ2v) is 5.75. The van der Waals surface area contributed by atoms with Crippen LogP contribution in [0.15, 0.2) is 17.0 Å². The van der Waals surface area contributed by atoms with Crippen molar-refractivity contribution in [1.82, 2.24) is 0 Å². The summed E-state index contributed by atoms with van der Waals surface area (Å²) < 4.78 is 56.2. The molecule has 0 aliphatic carbocycles. The van der Waals surface area contributed by atoms with Gasteiger partial charge in [0.2, 0.25) is 5.75 Å². The minimum Gasteiger partial charge on any atom is -0.486 e. The number of alkyl halides is 2. The van der Waals surface area contributed by atoms with E-state index in [0.717, 1.165) is 6.07 Å². The van der Waals surface area contributed by atoms with Crippen LogP contribution >= 0.6 is 10.7 Å². The van der Waals surface area contributed by atoms with E-state index in [1.54, 1.807) is 0 Å². The predicted octanol–water partition coefficient (Wildman–Crippen LogP) is 2.52. The molecule has 0 bridgehead atoms. The molecule has 20 heavy (non-hydrogen) atoms. The molecule has 0 radical (unpaired) electrons. The average Bonchev–Trinajstić information content (AvgIpc) is 2.26. The highest BCUT2D eigenvalue weighted by atomic mass is 35.7. The van der Waals surface area contributed by atoms with Gasteiger partial charge in [0, 0.05) is 16.7 Å². The molecule has 0 spiro atoms. The number of nitrogens with zero attached hydrogens (tertiary/aromatic N) is 1. The Labute approximate surface area is 116 Å². The molecule has 0 aliphatic heterocycles. The summed E-state index contributed by atoms with van der Waals surface area (Å²) >= 11 is 0. The van der Waals surface area contributed by atoms with E-state index in [4.69, 9.17) is 15.4 Å². The van der Waals surface area contributed by atoms with Crippen molar-refractivity contribution in [2.24, 2.45) is 0 Å². The fourth-order valence-corrected chi connectivity index (χ4v) is 2.56. The van der Waals surface area contributed by atoms with Crippen LogP contribution in [-0.2, 0) is 9.05 Å². The molecule has 0 saturated carbocycles. The lowest BCUT2D eigenvalue weighted by Gasteiger charge is -2.13. The minimum absolute atomic E-state index is 0.140. The highest BCUT2D eigenvalue weighted by Crippen LogP contribution is 2.42. The van der Waals surface area contributed by atoms with Crippen molar-refractivity contribution in [2.75, 3.05) is 6.61 Å². The summed E-state index contributed by atoms with van der Waals surface area (Å²) in [7, 11) is 0.506. The zero-order valence-electron chi connectivity index (χ0n) is 9.88. The van der Waals surface area contributed by atoms with Crippen LogP contribution in [0.1, 0.15) is 6.92 Å². The monoisotopic (exact) mass is 331 g/mol. The largest absolute Gasteiger partial charge is 0.486 e. The van der Waals surface area contributed by atoms with Crippen LogP contribution in [0.5, 0.6) is 11.5 Å². The van der Waals surface area contributed by atoms with E-state index in [-0.39, 0.29) is 6.61 Å². The molecule has 7 nitrogen and oxygen atoms in total. The molecule has 0 unspecified atom stereocenters. The molecule has 0 amide bonds. The van der Waals surface area contributed by atoms with E-state index in [9.17, 15) is 27.3 Å². The Morgan fingerprint density at radius 3 is 2.45 bits per heavy atom. The van der Waals surface area contributed by atoms with Crippen LogP contribution in [0.3, 0.4) is 0 Å². The fraction of sp³-hybridized carbons (Fsp3) is 0.333. The van der Waals surface area contributed by atoms with E-state index >= 15 is 0 Å². The summed E-state index contributed by atoms with van der Waals surface area (Å²) in [6.45, 7) is -2.05. The molecular formula is C9H8ClF2NO6S. The highest BCUT2D eigenvalue weighted by molar-refractivity contribution is 8.14. The van der Waals surface area contributed by atoms with Crippen molar-refractivity contribution in [2.45, 2.75) is 18.4 Å². The maximum Gasteiger partial charge on any atom is 0.387 e. The van der Waals surface area contributed by atoms with Gasteiger partial charge in [-0.1, -0.05) is 0 Å². The first-order valence-corrected chi connectivity index (χ1v) is 7.33. The molecule has 0 fully saturated rings. The number of benzene rings is 1. The topological polar surface area (TPSA) is 95.7 Å². The van der Waals surface area contributed by atoms with Crippen LogP contribution in [0.2, 0.25) is 0 Å². The molecule has 1 aromatic rings. The number of rotatable bonds is 6. The maximum atomic E-state index is 12.2. The van der Waals surface area contributed by atoms with Gasteiger partial charge in [0.1, 0.15) is 5.75 Å². The smallest absolute Gasteiger partial charge is 0.387 e. The molecule has 1 aromatic carbocycles. The average molecular weight is 332 g/mol. The van der Waals surface area contributed by atoms with Crippen LogP contribution < -0.4 is 9.47 Å². The number of ether oxygens (including phenoxy) is 2. The van der Waals surface area contributed by atoms with Gasteiger partial charge >= 0.3 is 12.3 Å². The molecule has 0 saturated heterocycles. The van der Waals surface area contributed by atoms with E-state index in [0.29, 0.717) is 6.07 Å². The van der Waals surface area contributed by atoms with Crippen molar-refractivity contribution < 1.29 is 31.6 Å². The quantitative estimate of drug-likeness (QED) is 0.451. The molecule has 0 heterocycles. The van der Waals surface area contributed by atoms with Crippen LogP contribution in [-0.4, -0.2) is 26.6 Å². The SMILES string of the molecule is CCOc1c([N+](=O)[O-])ccc(OC(F)F)c1S(=O)(=O)Cl. The summed E-state index contributed by atoms with van der Waals surface area (Å²) in [5, 5.41) is 10.8. The van der Waals surface area contributed by atoms with Gasteiger partial charge in [-0.25, -0.2) is 8.42 Å². The third-order valence-electron chi connectivity index (χ3n) is 2.00. The molecule has 112 valence electrons. The van der Waals surface area contributed by atoms with Crippen LogP contribution in [0.25, 0.3) is 0 Å². The number of hydrogen-bond acceptors (Lipinski definition) is 6. The number of nitro benzene ring substituents is 1. The lowest BCUT2D eigenvalue weighted by atomic mass is 10.2. The second kappa shape index (κ2) is 6.18. The van der Waals surface area contributed by atoms with E-state index in [2.05, 4.69) is 4.74 Å². The molecule has 1 rings (SSSR count). The van der Waals surface area contributed by atoms with Gasteiger partial charge in [0.15, 0.2) is 4.90 Å². The van der Waals surface area contributed by atoms with Gasteiger partial charge in [0.05, 0.1) is 11.5 Å². The Kier molecular flexibility index (Phi) is 5.06. The molecule has 11 heteroatoms. The third kappa shape index (κ3) is 3.67. The zero-order chi connectivity index (χ0) is 15.5. The van der Waals surface area contributed by atoms with Gasteiger partial charge in [0.25, 0.3) is 9.05 Å². The van der Waals surface area contributed by atoms with Gasteiger partial charge in [-0.3, -0.25) is 10.1 Å². The van der Waals surface area contributed by atoms with Gasteiger partial charge in [-0.15, -0.1) is 0 Å². The van der Waals surface area contributed by atoms with Gasteiger partial charge in [-0.05, 0) is 13.0 Å². The minimum atomic E-state index is -4.60. The summed E-state index contributed by atoms with van der Waals surface area (Å²) in [5.41, 5.74) is -0.729. The third-order valence-corrected chi connectivity index (χ3v) is 3.34. The van der Waals surface area contributed by atoms with E-state index in [1.807, 2.05) is 0 Å². The first-order valence-electron chi connectivity index (χ1n) is 5.02. The van der Waals surface area contributed by atoms with Crippen LogP contribution in [0, 0.1) is 10.1 Å². The first-order chi connectivity index (χ1) is 9.18. The predicted molar refractivity (Wildman–Crippen MR) is 63.9 cm³/mol. The standard InChI is InChI=1S/C9H8ClF2NO6S/c1-2-18-7-5(13(14)15)3-4-6(19-9(11)12)8(7)20(10,16)17/h3-4,9H,2H2,1H3. The van der Waals surface area contributed by atoms with Crippen molar-refractivity contribution in [1.29, 1.82) is 0 Å². The van der Waals surface area contributed by atoms with Gasteiger partial charge in [-0.2, -0.15) is 8.78 Å². The highest BCUT2D eigenvalue weighted by Gasteiger charge is 2.31. The van der Waals surface area contributed by atoms with Crippen molar-refractivity contribution in [3.05, 3.63) is 22.2 Å². The molecular weight excluding hydrogens is 324 g/mol. The summed E-state index contributed by atoms with van der Waals surface area (Å²) in [4.78, 5) is 8.88. The number of nitro groups is 1. The second-order valence-electron chi connectivity index (χ2n) is 3.25. The first kappa shape index (κ1) is 16.4. The Morgan fingerprint density at radius 2 is 2.05 bits per heavy atom. The molecule has 0 atom stereocenters. The Bertz CT molecular complexity index is 621. The van der Waals surface area contributed by atoms with Crippen molar-refractivity contribution in [3.63, 3.8) is 0 Å². The number of halogens is 3. The summed E-state index contributed by atoms with van der Waals surface area (Å²) in [5.74, 6) is -1.57. The zero-order valence-corrected chi connectivity index (χ0v) is 11.5. The Hall–Kier alpha value is -1.68. The summed E-state index contributed by atoms with van der Waals surface area (Å²) in [6.07, 6.45) is 0. The molecule has 0 aliphatic rings. The maximum absolute atomic E-state index is 12.2. The van der Waals surface area contributed by atoms with Gasteiger partial charge < -0.3 is 9.47 Å². The lowest BCUT2D eigenvalue weighted by Crippen LogP contribution is -2.09. The fourth-order valence-electron chi connectivity index (χ4n) is 1.38. The van der Waals surface area contributed by atoms with Crippen LogP contribution in [0.4, 0.5) is 14.5 Å². The molecule has 0 aromatic heterocycles. The van der Waals surface area contributed by atoms with E-state index < -0.39 is 42.7 Å². The number of hydrogen-bond donors (Lipinski definition) is 0. The molecule has 0 N–H and O–H groups in total. The van der Waals surface area contributed by atoms with Crippen molar-refractivity contribution in [3.8, 4) is 11.5 Å². The lowest BCUT2D eigenvalue weighted by molar-refractivity contribution is -0.386. The van der Waals surface area contributed by atoms with E-state index in [1.165, 1.54) is 6.92 Å². The normalized spacial score (nSPS) is 11.4. The summed E-state index contributed by atoms with van der Waals surface area (Å²) in [6, 6.07) is 1.50. The Morgan fingerprint density at radius 1 is 1.45 bits per heavy atom. The van der Waals surface area contributed by atoms with Crippen molar-refractivity contribution >= 4 is 25.4 Å².